The number of hydrogen-bond acceptors (Lipinski definition) is 6. The first-order valence-corrected chi connectivity index (χ1v) is 13.7. The van der Waals surface area contributed by atoms with Crippen molar-refractivity contribution in [2.75, 3.05) is 0 Å². The number of para-hydroxylation sites is 1. The van der Waals surface area contributed by atoms with Crippen LogP contribution in [0.1, 0.15) is 43.0 Å². The van der Waals surface area contributed by atoms with Gasteiger partial charge in [0.15, 0.2) is 0 Å². The van der Waals surface area contributed by atoms with E-state index in [1.165, 1.54) is 12.1 Å². The van der Waals surface area contributed by atoms with E-state index >= 15 is 0 Å². The van der Waals surface area contributed by atoms with Crippen molar-refractivity contribution in [2.45, 2.75) is 26.4 Å². The number of hydrogen-bond donors (Lipinski definition) is 1. The fraction of sp³-hybridized carbons (Fsp3) is 0.111. The van der Waals surface area contributed by atoms with Crippen LogP contribution in [-0.2, 0) is 31.2 Å². The molecule has 43 heavy (non-hydrogen) atoms. The molecule has 0 aromatic heterocycles. The van der Waals surface area contributed by atoms with E-state index in [-0.39, 0.29) is 42.4 Å². The Balaban J connectivity index is 1.41. The van der Waals surface area contributed by atoms with Crippen LogP contribution < -0.4 is 14.2 Å². The summed E-state index contributed by atoms with van der Waals surface area (Å²) in [6, 6.07) is 38.4. The van der Waals surface area contributed by atoms with E-state index in [1.54, 1.807) is 0 Å². The molecule has 0 radical (unpaired) electrons. The smallest absolute Gasteiger partial charge is 0.346 e. The first kappa shape index (κ1) is 29.0. The summed E-state index contributed by atoms with van der Waals surface area (Å²) in [4.78, 5) is 25.7. The van der Waals surface area contributed by atoms with Crippen molar-refractivity contribution in [3.8, 4) is 17.2 Å². The number of carboxylic acids is 1. The van der Waals surface area contributed by atoms with E-state index in [9.17, 15) is 14.7 Å². The molecule has 5 rings (SSSR count). The summed E-state index contributed by atoms with van der Waals surface area (Å²) >= 11 is 0. The zero-order valence-corrected chi connectivity index (χ0v) is 23.3. The quantitative estimate of drug-likeness (QED) is 0.146. The molecule has 0 unspecified atom stereocenters. The fourth-order valence-corrected chi connectivity index (χ4v) is 4.33. The van der Waals surface area contributed by atoms with Crippen LogP contribution in [0.25, 0.3) is 0 Å². The third-order valence-electron chi connectivity index (χ3n) is 6.56. The number of carboxylic acid groups (broad SMARTS) is 1. The minimum atomic E-state index is -1.18. The Kier molecular flexibility index (Phi) is 9.67. The van der Waals surface area contributed by atoms with Crippen molar-refractivity contribution in [3.63, 3.8) is 0 Å². The SMILES string of the molecule is O=C(O)c1cc(OCc2ccccc2)c(C(=O)OCc2ccccc2OCc2ccccc2)c(OCc2ccccc2)c1. The highest BCUT2D eigenvalue weighted by Gasteiger charge is 2.25. The van der Waals surface area contributed by atoms with Crippen molar-refractivity contribution < 1.29 is 33.6 Å². The average molecular weight is 575 g/mol. The highest BCUT2D eigenvalue weighted by Crippen LogP contribution is 2.34. The molecule has 0 aliphatic rings. The molecular weight excluding hydrogens is 544 g/mol. The average Bonchev–Trinajstić information content (AvgIpc) is 3.05. The second kappa shape index (κ2) is 14.4. The molecule has 7 heteroatoms. The minimum absolute atomic E-state index is 0.000419. The highest BCUT2D eigenvalue weighted by atomic mass is 16.5. The van der Waals surface area contributed by atoms with Gasteiger partial charge in [0.2, 0.25) is 0 Å². The summed E-state index contributed by atoms with van der Waals surface area (Å²) in [6.45, 7) is 0.495. The summed E-state index contributed by atoms with van der Waals surface area (Å²) in [6.07, 6.45) is 0. The van der Waals surface area contributed by atoms with E-state index in [4.69, 9.17) is 18.9 Å². The number of carbonyl (C=O) groups is 2. The van der Waals surface area contributed by atoms with Gasteiger partial charge in [0.05, 0.1) is 5.56 Å². The Morgan fingerprint density at radius 1 is 0.512 bits per heavy atom. The van der Waals surface area contributed by atoms with Crippen molar-refractivity contribution in [1.29, 1.82) is 0 Å². The summed E-state index contributed by atoms with van der Waals surface area (Å²) in [5, 5.41) is 9.81. The van der Waals surface area contributed by atoms with Crippen LogP contribution in [0.4, 0.5) is 0 Å². The zero-order valence-electron chi connectivity index (χ0n) is 23.3. The van der Waals surface area contributed by atoms with Crippen molar-refractivity contribution in [3.05, 3.63) is 161 Å². The van der Waals surface area contributed by atoms with Gasteiger partial charge in [-0.2, -0.15) is 0 Å². The number of aromatic carboxylic acids is 1. The molecule has 0 saturated carbocycles. The maximum atomic E-state index is 13.7. The molecule has 0 atom stereocenters. The maximum absolute atomic E-state index is 13.7. The summed E-state index contributed by atoms with van der Waals surface area (Å²) in [5.74, 6) is -1.23. The molecule has 0 heterocycles. The second-order valence-corrected chi connectivity index (χ2v) is 9.66. The summed E-state index contributed by atoms with van der Waals surface area (Å²) < 4.78 is 23.8. The van der Waals surface area contributed by atoms with Gasteiger partial charge in [0, 0.05) is 5.56 Å². The second-order valence-electron chi connectivity index (χ2n) is 9.66. The maximum Gasteiger partial charge on any atom is 0.346 e. The molecule has 5 aromatic rings. The Hall–Kier alpha value is -5.56. The summed E-state index contributed by atoms with van der Waals surface area (Å²) in [5.41, 5.74) is 3.29. The third-order valence-corrected chi connectivity index (χ3v) is 6.56. The van der Waals surface area contributed by atoms with Gasteiger partial charge in [-0.15, -0.1) is 0 Å². The van der Waals surface area contributed by atoms with E-state index in [2.05, 4.69) is 0 Å². The Morgan fingerprint density at radius 2 is 0.930 bits per heavy atom. The van der Waals surface area contributed by atoms with Gasteiger partial charge in [-0.3, -0.25) is 0 Å². The van der Waals surface area contributed by atoms with Gasteiger partial charge in [-0.1, -0.05) is 109 Å². The van der Waals surface area contributed by atoms with Crippen LogP contribution in [0, 0.1) is 0 Å². The van der Waals surface area contributed by atoms with Gasteiger partial charge < -0.3 is 24.1 Å². The number of esters is 1. The van der Waals surface area contributed by atoms with Crippen LogP contribution in [-0.4, -0.2) is 17.0 Å². The van der Waals surface area contributed by atoms with Crippen molar-refractivity contribution >= 4 is 11.9 Å². The number of rotatable bonds is 13. The molecule has 5 aromatic carbocycles. The molecule has 0 spiro atoms. The molecule has 216 valence electrons. The molecule has 0 saturated heterocycles. The predicted molar refractivity (Wildman–Crippen MR) is 161 cm³/mol. The Bertz CT molecular complexity index is 1590. The van der Waals surface area contributed by atoms with Crippen LogP contribution in [0.3, 0.4) is 0 Å². The van der Waals surface area contributed by atoms with E-state index < -0.39 is 11.9 Å². The monoisotopic (exact) mass is 574 g/mol. The topological polar surface area (TPSA) is 91.3 Å². The lowest BCUT2D eigenvalue weighted by Gasteiger charge is -2.18. The molecule has 0 bridgehead atoms. The lowest BCUT2D eigenvalue weighted by molar-refractivity contribution is 0.0457. The lowest BCUT2D eigenvalue weighted by atomic mass is 10.1. The predicted octanol–water partition coefficient (Wildman–Crippen LogP) is 7.48. The minimum Gasteiger partial charge on any atom is -0.488 e. The first-order chi connectivity index (χ1) is 21.1. The molecule has 0 aliphatic heterocycles. The molecule has 0 aliphatic carbocycles. The molecule has 0 amide bonds. The van der Waals surface area contributed by atoms with Crippen LogP contribution in [0.2, 0.25) is 0 Å². The number of carbonyl (C=O) groups excluding carboxylic acids is 1. The largest absolute Gasteiger partial charge is 0.488 e. The highest BCUT2D eigenvalue weighted by molar-refractivity contribution is 5.98. The lowest BCUT2D eigenvalue weighted by Crippen LogP contribution is -2.13. The molecule has 0 fully saturated rings. The summed E-state index contributed by atoms with van der Waals surface area (Å²) in [7, 11) is 0. The van der Waals surface area contributed by atoms with Crippen molar-refractivity contribution in [1.82, 2.24) is 0 Å². The Morgan fingerprint density at radius 3 is 1.40 bits per heavy atom. The number of ether oxygens (including phenoxy) is 4. The van der Waals surface area contributed by atoms with Gasteiger partial charge in [-0.05, 0) is 34.9 Å². The van der Waals surface area contributed by atoms with Crippen LogP contribution in [0.15, 0.2) is 127 Å². The molecule has 7 nitrogen and oxygen atoms in total. The molecule has 1 N–H and O–H groups in total. The fourth-order valence-electron chi connectivity index (χ4n) is 4.33. The third kappa shape index (κ3) is 8.01. The van der Waals surface area contributed by atoms with E-state index in [0.29, 0.717) is 17.9 Å². The normalized spacial score (nSPS) is 10.5. The van der Waals surface area contributed by atoms with Gasteiger partial charge in [0.1, 0.15) is 49.2 Å². The van der Waals surface area contributed by atoms with Crippen LogP contribution >= 0.6 is 0 Å². The van der Waals surface area contributed by atoms with E-state index in [1.807, 2.05) is 115 Å². The number of benzene rings is 5. The zero-order chi connectivity index (χ0) is 29.9. The van der Waals surface area contributed by atoms with Gasteiger partial charge in [-0.25, -0.2) is 9.59 Å². The molecular formula is C36H30O7. The van der Waals surface area contributed by atoms with Gasteiger partial charge >= 0.3 is 11.9 Å². The first-order valence-electron chi connectivity index (χ1n) is 13.7. The standard InChI is InChI=1S/C36H30O7/c37-35(38)30-20-32(41-23-27-14-6-2-7-15-27)34(33(21-30)42-24-28-16-8-3-9-17-28)36(39)43-25-29-18-10-11-19-31(29)40-22-26-12-4-1-5-13-26/h1-21H,22-25H2,(H,37,38). The van der Waals surface area contributed by atoms with E-state index in [0.717, 1.165) is 16.7 Å². The van der Waals surface area contributed by atoms with Crippen LogP contribution in [0.5, 0.6) is 17.2 Å². The van der Waals surface area contributed by atoms with Gasteiger partial charge in [0.25, 0.3) is 0 Å². The van der Waals surface area contributed by atoms with Crippen molar-refractivity contribution in [2.24, 2.45) is 0 Å². The Labute approximate surface area is 249 Å².